The summed E-state index contributed by atoms with van der Waals surface area (Å²) in [5.74, 6) is -0.0127. The highest BCUT2D eigenvalue weighted by Gasteiger charge is 2.52. The monoisotopic (exact) mass is 452 g/mol. The Hall–Kier alpha value is 0.178. The molecular weight excluding hydrogens is 409 g/mol. The smallest absolute Gasteiger partial charge is 0.400 e. The molecule has 0 unspecified atom stereocenters. The van der Waals surface area contributed by atoms with Gasteiger partial charge in [-0.25, -0.2) is 0 Å². The van der Waals surface area contributed by atoms with Gasteiger partial charge in [-0.2, -0.15) is 0 Å². The molecule has 0 spiro atoms. The van der Waals surface area contributed by atoms with E-state index in [4.69, 9.17) is 12.3 Å². The fourth-order valence-corrected chi connectivity index (χ4v) is 14.9. The van der Waals surface area contributed by atoms with E-state index in [1.165, 1.54) is 0 Å². The van der Waals surface area contributed by atoms with Gasteiger partial charge < -0.3 is 22.2 Å². The summed E-state index contributed by atoms with van der Waals surface area (Å²) in [5.41, 5.74) is 0. The first-order valence-corrected chi connectivity index (χ1v) is 21.9. The van der Waals surface area contributed by atoms with Gasteiger partial charge in [0.25, 0.3) is 0 Å². The van der Waals surface area contributed by atoms with Gasteiger partial charge >= 0.3 is 8.97 Å². The summed E-state index contributed by atoms with van der Waals surface area (Å²) in [6.07, 6.45) is 3.50. The predicted octanol–water partition coefficient (Wildman–Crippen LogP) is 4.21. The third kappa shape index (κ3) is 15.7. The van der Waals surface area contributed by atoms with Crippen LogP contribution in [0.1, 0.15) is 25.7 Å². The topological polar surface area (TPSA) is 60.0 Å². The van der Waals surface area contributed by atoms with Crippen LogP contribution in [0.3, 0.4) is 0 Å². The molecule has 0 bridgehead atoms. The predicted molar refractivity (Wildman–Crippen MR) is 124 cm³/mol. The van der Waals surface area contributed by atoms with Crippen molar-refractivity contribution >= 4 is 39.8 Å². The minimum Gasteiger partial charge on any atom is -0.400 e. The van der Waals surface area contributed by atoms with Crippen LogP contribution in [0, 0.1) is 0 Å². The average molecular weight is 453 g/mol. The van der Waals surface area contributed by atoms with Gasteiger partial charge in [0.05, 0.1) is 0 Å². The van der Waals surface area contributed by atoms with Gasteiger partial charge in [-0.05, 0) is 92.4 Å². The standard InChI is InChI=1S/C17H44N2O4Si4/c1-19(2)16-14-12-13-15-17(20)18-27(21-24(3,4)5,22-25(6,7)8)23-26(9,10)11/h12-16H2,1-11H3,(H,18,20). The Morgan fingerprint density at radius 3 is 1.48 bits per heavy atom. The minimum absolute atomic E-state index is 0.0127. The molecule has 0 aliphatic rings. The van der Waals surface area contributed by atoms with Crippen LogP contribution in [0.5, 0.6) is 0 Å². The quantitative estimate of drug-likeness (QED) is 0.335. The van der Waals surface area contributed by atoms with E-state index in [1.54, 1.807) is 0 Å². The largest absolute Gasteiger partial charge is 0.601 e. The molecule has 0 rings (SSSR count). The number of carbonyl (C=O) groups excluding carboxylic acids is 1. The Balaban J connectivity index is 5.21. The Morgan fingerprint density at radius 1 is 0.741 bits per heavy atom. The first-order chi connectivity index (χ1) is 11.9. The molecule has 1 N–H and O–H groups in total. The van der Waals surface area contributed by atoms with Crippen molar-refractivity contribution in [3.8, 4) is 0 Å². The van der Waals surface area contributed by atoms with E-state index in [-0.39, 0.29) is 5.91 Å². The molecule has 0 aromatic carbocycles. The van der Waals surface area contributed by atoms with E-state index >= 15 is 0 Å². The van der Waals surface area contributed by atoms with Gasteiger partial charge in [0.2, 0.25) is 5.91 Å². The lowest BCUT2D eigenvalue weighted by molar-refractivity contribution is -0.120. The SMILES string of the molecule is CN(C)CCCCCC(=O)N[Si](O[Si](C)(C)C)(O[Si](C)(C)C)O[Si](C)(C)C. The lowest BCUT2D eigenvalue weighted by Gasteiger charge is -2.41. The van der Waals surface area contributed by atoms with Crippen LogP contribution in [-0.4, -0.2) is 65.4 Å². The van der Waals surface area contributed by atoms with Crippen molar-refractivity contribution in [2.45, 2.75) is 84.6 Å². The van der Waals surface area contributed by atoms with Gasteiger partial charge in [-0.15, -0.1) is 0 Å². The number of amides is 1. The highest BCUT2D eigenvalue weighted by Crippen LogP contribution is 2.24. The molecular formula is C17H44N2O4Si4. The third-order valence-electron chi connectivity index (χ3n) is 3.12. The summed E-state index contributed by atoms with van der Waals surface area (Å²) >= 11 is 0. The molecule has 0 aliphatic heterocycles. The van der Waals surface area contributed by atoms with Crippen molar-refractivity contribution < 1.29 is 17.1 Å². The summed E-state index contributed by atoms with van der Waals surface area (Å²) in [6.45, 7) is 20.1. The molecule has 0 aromatic rings. The molecule has 6 nitrogen and oxygen atoms in total. The van der Waals surface area contributed by atoms with Crippen LogP contribution in [0.25, 0.3) is 0 Å². The van der Waals surface area contributed by atoms with Crippen LogP contribution in [0.2, 0.25) is 58.9 Å². The van der Waals surface area contributed by atoms with Crippen molar-refractivity contribution in [2.24, 2.45) is 0 Å². The zero-order valence-electron chi connectivity index (χ0n) is 19.6. The Kier molecular flexibility index (Phi) is 10.9. The van der Waals surface area contributed by atoms with E-state index in [2.05, 4.69) is 82.9 Å². The summed E-state index contributed by atoms with van der Waals surface area (Å²) in [4.78, 5) is 18.0. The van der Waals surface area contributed by atoms with Crippen LogP contribution < -0.4 is 4.98 Å². The van der Waals surface area contributed by atoms with E-state index in [0.29, 0.717) is 6.42 Å². The number of carbonyl (C=O) groups is 1. The molecule has 0 heterocycles. The molecule has 0 atom stereocenters. The molecule has 1 amide bonds. The van der Waals surface area contributed by atoms with Crippen molar-refractivity contribution in [2.75, 3.05) is 20.6 Å². The first kappa shape index (κ1) is 27.2. The highest BCUT2D eigenvalue weighted by molar-refractivity contribution is 6.89. The second-order valence-corrected chi connectivity index (χ2v) is 26.8. The first-order valence-electron chi connectivity index (χ1n) is 9.99. The number of unbranched alkanes of at least 4 members (excludes halogenated alkanes) is 2. The van der Waals surface area contributed by atoms with Crippen molar-refractivity contribution in [3.63, 3.8) is 0 Å². The van der Waals surface area contributed by atoms with E-state index in [9.17, 15) is 4.79 Å². The molecule has 0 saturated heterocycles. The summed E-state index contributed by atoms with van der Waals surface area (Å²) in [5, 5.41) is 0. The third-order valence-corrected chi connectivity index (χ3v) is 14.3. The lowest BCUT2D eigenvalue weighted by Crippen LogP contribution is -2.70. The summed E-state index contributed by atoms with van der Waals surface area (Å²) < 4.78 is 19.4. The number of hydrogen-bond acceptors (Lipinski definition) is 5. The van der Waals surface area contributed by atoms with Gasteiger partial charge in [0, 0.05) is 6.42 Å². The average Bonchev–Trinajstić information content (AvgIpc) is 2.30. The van der Waals surface area contributed by atoms with Crippen LogP contribution in [0.15, 0.2) is 0 Å². The van der Waals surface area contributed by atoms with Crippen molar-refractivity contribution in [1.29, 1.82) is 0 Å². The summed E-state index contributed by atoms with van der Waals surface area (Å²) in [6, 6.07) is 0. The maximum atomic E-state index is 12.7. The second-order valence-electron chi connectivity index (χ2n) is 10.4. The molecule has 0 aliphatic carbocycles. The minimum atomic E-state index is -3.27. The lowest BCUT2D eigenvalue weighted by atomic mass is 10.2. The fourth-order valence-electron chi connectivity index (χ4n) is 2.47. The van der Waals surface area contributed by atoms with Crippen molar-refractivity contribution in [3.05, 3.63) is 0 Å². The van der Waals surface area contributed by atoms with Gasteiger partial charge in [0.1, 0.15) is 0 Å². The molecule has 0 saturated carbocycles. The summed E-state index contributed by atoms with van der Waals surface area (Å²) in [7, 11) is -5.07. The van der Waals surface area contributed by atoms with Gasteiger partial charge in [0.15, 0.2) is 25.0 Å². The van der Waals surface area contributed by atoms with Gasteiger partial charge in [-0.3, -0.25) is 4.79 Å². The fraction of sp³-hybridized carbons (Fsp3) is 0.941. The van der Waals surface area contributed by atoms with Crippen LogP contribution in [0.4, 0.5) is 0 Å². The van der Waals surface area contributed by atoms with E-state index in [0.717, 1.165) is 25.8 Å². The van der Waals surface area contributed by atoms with E-state index in [1.807, 2.05) is 0 Å². The Morgan fingerprint density at radius 2 is 1.15 bits per heavy atom. The zero-order valence-corrected chi connectivity index (χ0v) is 23.6. The maximum absolute atomic E-state index is 12.7. The van der Waals surface area contributed by atoms with Crippen molar-refractivity contribution in [1.82, 2.24) is 9.88 Å². The highest BCUT2D eigenvalue weighted by atomic mass is 28.5. The van der Waals surface area contributed by atoms with E-state index < -0.39 is 33.9 Å². The number of hydrogen-bond donors (Lipinski definition) is 1. The normalized spacial score (nSPS) is 13.9. The number of nitrogens with one attached hydrogen (secondary N) is 1. The number of nitrogens with zero attached hydrogens (tertiary/aromatic N) is 1. The molecule has 0 fully saturated rings. The molecule has 162 valence electrons. The maximum Gasteiger partial charge on any atom is 0.601 e. The molecule has 0 aromatic heterocycles. The zero-order chi connectivity index (χ0) is 21.5. The van der Waals surface area contributed by atoms with Gasteiger partial charge in [-0.1, -0.05) is 6.42 Å². The van der Waals surface area contributed by atoms with Crippen LogP contribution in [-0.2, 0) is 17.1 Å². The second kappa shape index (κ2) is 10.8. The molecule has 0 radical (unpaired) electrons. The van der Waals surface area contributed by atoms with Crippen LogP contribution >= 0.6 is 0 Å². The molecule has 10 heteroatoms. The Labute approximate surface area is 172 Å². The Bertz CT molecular complexity index is 417. The molecule has 27 heavy (non-hydrogen) atoms. The number of rotatable bonds is 13.